The Balaban J connectivity index is 2.00. The number of rotatable bonds is 2. The van der Waals surface area contributed by atoms with Gasteiger partial charge in [0.2, 0.25) is 0 Å². The highest BCUT2D eigenvalue weighted by Gasteiger charge is 2.19. The predicted octanol–water partition coefficient (Wildman–Crippen LogP) is 3.48. The molecule has 2 rings (SSSR count). The predicted molar refractivity (Wildman–Crippen MR) is 69.0 cm³/mol. The summed E-state index contributed by atoms with van der Waals surface area (Å²) in [6.45, 7) is 2.92. The molecule has 16 heavy (non-hydrogen) atoms. The molecule has 5 heteroatoms. The van der Waals surface area contributed by atoms with Gasteiger partial charge < -0.3 is 10.1 Å². The van der Waals surface area contributed by atoms with Crippen molar-refractivity contribution in [3.8, 4) is 0 Å². The van der Waals surface area contributed by atoms with Gasteiger partial charge in [0, 0.05) is 12.6 Å². The number of hydrogen-bond donors (Lipinski definition) is 1. The third kappa shape index (κ3) is 3.09. The lowest BCUT2D eigenvalue weighted by Gasteiger charge is -2.28. The lowest BCUT2D eigenvalue weighted by atomic mass is 10.0. The Morgan fingerprint density at radius 2 is 2.44 bits per heavy atom. The highest BCUT2D eigenvalue weighted by molar-refractivity contribution is 9.10. The van der Waals surface area contributed by atoms with Gasteiger partial charge in [0.05, 0.1) is 22.5 Å². The van der Waals surface area contributed by atoms with Crippen molar-refractivity contribution < 1.29 is 4.74 Å². The molecular weight excluding hydrogens is 291 g/mol. The van der Waals surface area contributed by atoms with E-state index in [1.54, 1.807) is 6.20 Å². The fraction of sp³-hybridized carbons (Fsp3) is 0.545. The Hall–Kier alpha value is -0.320. The number of halogens is 2. The van der Waals surface area contributed by atoms with E-state index in [0.29, 0.717) is 17.3 Å². The summed E-state index contributed by atoms with van der Waals surface area (Å²) < 4.78 is 6.32. The number of hydrogen-bond acceptors (Lipinski definition) is 3. The Morgan fingerprint density at radius 1 is 1.62 bits per heavy atom. The van der Waals surface area contributed by atoms with E-state index in [2.05, 4.69) is 33.2 Å². The summed E-state index contributed by atoms with van der Waals surface area (Å²) in [5.74, 6) is 0. The second-order valence-electron chi connectivity index (χ2n) is 4.04. The van der Waals surface area contributed by atoms with Crippen molar-refractivity contribution in [2.24, 2.45) is 0 Å². The molecule has 0 amide bonds. The Labute approximate surface area is 109 Å². The van der Waals surface area contributed by atoms with Gasteiger partial charge in [-0.15, -0.1) is 0 Å². The molecule has 0 aliphatic carbocycles. The molecule has 0 radical (unpaired) electrons. The van der Waals surface area contributed by atoms with Crippen LogP contribution in [0.2, 0.25) is 5.15 Å². The molecule has 1 saturated heterocycles. The van der Waals surface area contributed by atoms with Crippen LogP contribution in [-0.4, -0.2) is 23.7 Å². The number of nitrogens with one attached hydrogen (secondary N) is 1. The van der Waals surface area contributed by atoms with Gasteiger partial charge in [-0.1, -0.05) is 11.6 Å². The molecule has 2 unspecified atom stereocenters. The average Bonchev–Trinajstić information content (AvgIpc) is 2.24. The average molecular weight is 306 g/mol. The maximum Gasteiger partial charge on any atom is 0.143 e. The van der Waals surface area contributed by atoms with Crippen molar-refractivity contribution in [3.63, 3.8) is 0 Å². The molecule has 2 heterocycles. The van der Waals surface area contributed by atoms with E-state index in [9.17, 15) is 0 Å². The van der Waals surface area contributed by atoms with Crippen molar-refractivity contribution in [2.45, 2.75) is 31.9 Å². The Morgan fingerprint density at radius 3 is 3.12 bits per heavy atom. The van der Waals surface area contributed by atoms with Crippen LogP contribution < -0.4 is 5.32 Å². The lowest BCUT2D eigenvalue weighted by molar-refractivity contribution is 0.0232. The molecule has 1 aromatic rings. The van der Waals surface area contributed by atoms with Crippen molar-refractivity contribution in [1.82, 2.24) is 4.98 Å². The smallest absolute Gasteiger partial charge is 0.143 e. The molecule has 0 aromatic carbocycles. The van der Waals surface area contributed by atoms with Crippen LogP contribution in [0.15, 0.2) is 16.7 Å². The van der Waals surface area contributed by atoms with E-state index in [1.807, 2.05) is 6.07 Å². The Bertz CT molecular complexity index is 375. The van der Waals surface area contributed by atoms with Gasteiger partial charge in [-0.2, -0.15) is 0 Å². The summed E-state index contributed by atoms with van der Waals surface area (Å²) in [7, 11) is 0. The maximum atomic E-state index is 5.84. The van der Waals surface area contributed by atoms with Gasteiger partial charge in [-0.3, -0.25) is 0 Å². The molecule has 2 atom stereocenters. The number of pyridine rings is 1. The highest BCUT2D eigenvalue weighted by Crippen LogP contribution is 2.25. The molecule has 3 nitrogen and oxygen atoms in total. The zero-order valence-electron chi connectivity index (χ0n) is 9.04. The van der Waals surface area contributed by atoms with Crippen LogP contribution in [0.25, 0.3) is 0 Å². The van der Waals surface area contributed by atoms with Gasteiger partial charge >= 0.3 is 0 Å². The first-order valence-electron chi connectivity index (χ1n) is 5.34. The van der Waals surface area contributed by atoms with Crippen molar-refractivity contribution in [2.75, 3.05) is 11.9 Å². The standard InChI is InChI=1S/C11H14BrClN2O/c1-7-4-8(2-3-16-7)15-9-5-10(12)11(13)14-6-9/h5-8,15H,2-4H2,1H3. The zero-order valence-corrected chi connectivity index (χ0v) is 11.4. The van der Waals surface area contributed by atoms with Gasteiger partial charge in [0.25, 0.3) is 0 Å². The monoisotopic (exact) mass is 304 g/mol. The summed E-state index contributed by atoms with van der Waals surface area (Å²) >= 11 is 9.20. The fourth-order valence-corrected chi connectivity index (χ4v) is 2.32. The second-order valence-corrected chi connectivity index (χ2v) is 5.26. The molecule has 1 aromatic heterocycles. The molecule has 1 N–H and O–H groups in total. The lowest BCUT2D eigenvalue weighted by Crippen LogP contribution is -2.32. The van der Waals surface area contributed by atoms with Crippen molar-refractivity contribution in [3.05, 3.63) is 21.9 Å². The SMILES string of the molecule is CC1CC(Nc2cnc(Cl)c(Br)c2)CCO1. The van der Waals surface area contributed by atoms with Crippen molar-refractivity contribution in [1.29, 1.82) is 0 Å². The van der Waals surface area contributed by atoms with Gasteiger partial charge in [-0.05, 0) is 41.8 Å². The molecular formula is C11H14BrClN2O. The highest BCUT2D eigenvalue weighted by atomic mass is 79.9. The second kappa shape index (κ2) is 5.34. The third-order valence-electron chi connectivity index (χ3n) is 2.65. The van der Waals surface area contributed by atoms with E-state index >= 15 is 0 Å². The van der Waals surface area contributed by atoms with Gasteiger partial charge in [0.15, 0.2) is 0 Å². The first-order valence-corrected chi connectivity index (χ1v) is 6.51. The van der Waals surface area contributed by atoms with Crippen LogP contribution in [0.3, 0.4) is 0 Å². The topological polar surface area (TPSA) is 34.2 Å². The summed E-state index contributed by atoms with van der Waals surface area (Å²) in [5, 5.41) is 3.94. The molecule has 0 spiro atoms. The normalized spacial score (nSPS) is 25.4. The van der Waals surface area contributed by atoms with E-state index in [4.69, 9.17) is 16.3 Å². The Kier molecular flexibility index (Phi) is 4.05. The van der Waals surface area contributed by atoms with Crippen molar-refractivity contribution >= 4 is 33.2 Å². The summed E-state index contributed by atoms with van der Waals surface area (Å²) in [6, 6.07) is 2.41. The minimum absolute atomic E-state index is 0.329. The van der Waals surface area contributed by atoms with Gasteiger partial charge in [0.1, 0.15) is 5.15 Å². The van der Waals surface area contributed by atoms with Crippen LogP contribution in [0, 0.1) is 0 Å². The van der Waals surface area contributed by atoms with E-state index < -0.39 is 0 Å². The first-order chi connectivity index (χ1) is 7.65. The molecule has 1 aliphatic rings. The maximum absolute atomic E-state index is 5.84. The van der Waals surface area contributed by atoms with E-state index in [-0.39, 0.29) is 0 Å². The van der Waals surface area contributed by atoms with Crippen LogP contribution in [0.4, 0.5) is 5.69 Å². The van der Waals surface area contributed by atoms with Crippen LogP contribution in [0.5, 0.6) is 0 Å². The first kappa shape index (κ1) is 12.1. The molecule has 1 fully saturated rings. The molecule has 0 saturated carbocycles. The fourth-order valence-electron chi connectivity index (χ4n) is 1.87. The van der Waals surface area contributed by atoms with E-state index in [1.165, 1.54) is 0 Å². The summed E-state index contributed by atoms with van der Waals surface area (Å²) in [5.41, 5.74) is 0.996. The van der Waals surface area contributed by atoms with E-state index in [0.717, 1.165) is 29.6 Å². The number of aromatic nitrogens is 1. The number of ether oxygens (including phenoxy) is 1. The largest absolute Gasteiger partial charge is 0.381 e. The summed E-state index contributed by atoms with van der Waals surface area (Å²) in [6.07, 6.45) is 4.15. The van der Waals surface area contributed by atoms with Gasteiger partial charge in [-0.25, -0.2) is 4.98 Å². The quantitative estimate of drug-likeness (QED) is 0.850. The number of anilines is 1. The molecule has 1 aliphatic heterocycles. The molecule has 88 valence electrons. The van der Waals surface area contributed by atoms with Crippen LogP contribution in [-0.2, 0) is 4.74 Å². The summed E-state index contributed by atoms with van der Waals surface area (Å²) in [4.78, 5) is 4.09. The minimum atomic E-state index is 0.329. The number of nitrogens with zero attached hydrogens (tertiary/aromatic N) is 1. The van der Waals surface area contributed by atoms with Crippen LogP contribution >= 0.6 is 27.5 Å². The molecule has 0 bridgehead atoms. The minimum Gasteiger partial charge on any atom is -0.381 e. The third-order valence-corrected chi connectivity index (χ3v) is 3.79. The van der Waals surface area contributed by atoms with Crippen LogP contribution in [0.1, 0.15) is 19.8 Å². The zero-order chi connectivity index (χ0) is 11.5.